The zero-order valence-corrected chi connectivity index (χ0v) is 12.9. The van der Waals surface area contributed by atoms with Gasteiger partial charge < -0.3 is 14.2 Å². The van der Waals surface area contributed by atoms with Gasteiger partial charge in [0, 0.05) is 11.6 Å². The zero-order chi connectivity index (χ0) is 14.2. The van der Waals surface area contributed by atoms with Gasteiger partial charge in [0.1, 0.15) is 13.2 Å². The molecule has 2 aromatic carbocycles. The number of hydrogen-bond donors (Lipinski definition) is 0. The third-order valence-electron chi connectivity index (χ3n) is 2.69. The van der Waals surface area contributed by atoms with Gasteiger partial charge in [-0.15, -0.1) is 0 Å². The van der Waals surface area contributed by atoms with E-state index in [1.807, 2.05) is 48.5 Å². The minimum atomic E-state index is 0.495. The molecular weight excluding hydrogens is 320 g/mol. The summed E-state index contributed by atoms with van der Waals surface area (Å²) in [7, 11) is 1.65. The summed E-state index contributed by atoms with van der Waals surface area (Å²) in [6.07, 6.45) is 0. The Morgan fingerprint density at radius 3 is 2.45 bits per heavy atom. The summed E-state index contributed by atoms with van der Waals surface area (Å²) in [4.78, 5) is 0. The molecule has 0 saturated carbocycles. The summed E-state index contributed by atoms with van der Waals surface area (Å²) in [5, 5.41) is 0. The largest absolute Gasteiger partial charge is 0.487 e. The van der Waals surface area contributed by atoms with Gasteiger partial charge in [-0.25, -0.2) is 0 Å². The van der Waals surface area contributed by atoms with E-state index in [-0.39, 0.29) is 0 Å². The third-order valence-corrected chi connectivity index (χ3v) is 3.18. The molecule has 0 atom stereocenters. The second-order valence-corrected chi connectivity index (χ2v) is 5.12. The van der Waals surface area contributed by atoms with Crippen LogP contribution in [0.1, 0.15) is 5.56 Å². The van der Waals surface area contributed by atoms with Gasteiger partial charge in [-0.2, -0.15) is 0 Å². The first-order valence-electron chi connectivity index (χ1n) is 6.37. The molecule has 0 spiro atoms. The standard InChI is InChI=1S/C16H17BrO3/c1-18-9-10-19-16-11-14(17)7-8-15(16)20-12-13-5-3-2-4-6-13/h2-8,11H,9-10,12H2,1H3. The van der Waals surface area contributed by atoms with Crippen LogP contribution in [0.2, 0.25) is 0 Å². The number of hydrogen-bond acceptors (Lipinski definition) is 3. The molecule has 0 bridgehead atoms. The van der Waals surface area contributed by atoms with Crippen molar-refractivity contribution in [2.75, 3.05) is 20.3 Å². The molecule has 0 heterocycles. The Hall–Kier alpha value is -1.52. The van der Waals surface area contributed by atoms with E-state index < -0.39 is 0 Å². The second-order valence-electron chi connectivity index (χ2n) is 4.21. The van der Waals surface area contributed by atoms with Crippen LogP contribution in [0.15, 0.2) is 53.0 Å². The van der Waals surface area contributed by atoms with Gasteiger partial charge >= 0.3 is 0 Å². The van der Waals surface area contributed by atoms with E-state index in [1.165, 1.54) is 0 Å². The van der Waals surface area contributed by atoms with Crippen LogP contribution in [-0.2, 0) is 11.3 Å². The minimum absolute atomic E-state index is 0.495. The molecule has 0 unspecified atom stereocenters. The van der Waals surface area contributed by atoms with Crippen LogP contribution < -0.4 is 9.47 Å². The van der Waals surface area contributed by atoms with E-state index in [0.29, 0.717) is 25.6 Å². The molecule has 0 radical (unpaired) electrons. The van der Waals surface area contributed by atoms with Crippen molar-refractivity contribution >= 4 is 15.9 Å². The molecule has 0 N–H and O–H groups in total. The summed E-state index contributed by atoms with van der Waals surface area (Å²) in [5.74, 6) is 1.44. The molecule has 0 aliphatic heterocycles. The molecule has 20 heavy (non-hydrogen) atoms. The molecule has 106 valence electrons. The highest BCUT2D eigenvalue weighted by molar-refractivity contribution is 9.10. The highest BCUT2D eigenvalue weighted by Crippen LogP contribution is 2.31. The average Bonchev–Trinajstić information content (AvgIpc) is 2.48. The van der Waals surface area contributed by atoms with Crippen molar-refractivity contribution in [2.45, 2.75) is 6.61 Å². The Bertz CT molecular complexity index is 529. The van der Waals surface area contributed by atoms with Gasteiger partial charge in [0.15, 0.2) is 11.5 Å². The predicted molar refractivity (Wildman–Crippen MR) is 82.3 cm³/mol. The maximum Gasteiger partial charge on any atom is 0.162 e. The van der Waals surface area contributed by atoms with Gasteiger partial charge in [0.25, 0.3) is 0 Å². The van der Waals surface area contributed by atoms with E-state index in [9.17, 15) is 0 Å². The van der Waals surface area contributed by atoms with Crippen LogP contribution in [0, 0.1) is 0 Å². The fraction of sp³-hybridized carbons (Fsp3) is 0.250. The first kappa shape index (κ1) is 14.9. The van der Waals surface area contributed by atoms with E-state index >= 15 is 0 Å². The van der Waals surface area contributed by atoms with Gasteiger partial charge in [-0.05, 0) is 23.8 Å². The van der Waals surface area contributed by atoms with E-state index in [2.05, 4.69) is 15.9 Å². The highest BCUT2D eigenvalue weighted by Gasteiger charge is 2.06. The molecule has 0 aliphatic rings. The van der Waals surface area contributed by atoms with Crippen LogP contribution in [0.3, 0.4) is 0 Å². The van der Waals surface area contributed by atoms with Crippen molar-refractivity contribution in [1.82, 2.24) is 0 Å². The fourth-order valence-corrected chi connectivity index (χ4v) is 2.02. The molecule has 0 saturated heterocycles. The molecule has 0 aromatic heterocycles. The summed E-state index contributed by atoms with van der Waals surface area (Å²) in [6.45, 7) is 1.56. The van der Waals surface area contributed by atoms with Crippen molar-refractivity contribution in [3.63, 3.8) is 0 Å². The summed E-state index contributed by atoms with van der Waals surface area (Å²) in [6, 6.07) is 15.8. The van der Waals surface area contributed by atoms with Crippen LogP contribution >= 0.6 is 15.9 Å². The SMILES string of the molecule is COCCOc1cc(Br)ccc1OCc1ccccc1. The lowest BCUT2D eigenvalue weighted by molar-refractivity contribution is 0.143. The first-order valence-corrected chi connectivity index (χ1v) is 7.17. The topological polar surface area (TPSA) is 27.7 Å². The first-order chi connectivity index (χ1) is 9.79. The lowest BCUT2D eigenvalue weighted by atomic mass is 10.2. The van der Waals surface area contributed by atoms with Crippen LogP contribution in [0.25, 0.3) is 0 Å². The van der Waals surface area contributed by atoms with Gasteiger partial charge in [-0.1, -0.05) is 46.3 Å². The molecule has 3 nitrogen and oxygen atoms in total. The highest BCUT2D eigenvalue weighted by atomic mass is 79.9. The van der Waals surface area contributed by atoms with Crippen molar-refractivity contribution in [3.05, 3.63) is 58.6 Å². The Labute approximate surface area is 127 Å². The molecule has 2 rings (SSSR count). The van der Waals surface area contributed by atoms with Crippen LogP contribution in [0.5, 0.6) is 11.5 Å². The van der Waals surface area contributed by atoms with E-state index in [0.717, 1.165) is 15.8 Å². The third kappa shape index (κ3) is 4.54. The Kier molecular flexibility index (Phi) is 5.89. The summed E-state index contributed by atoms with van der Waals surface area (Å²) >= 11 is 3.43. The minimum Gasteiger partial charge on any atom is -0.487 e. The number of methoxy groups -OCH3 is 1. The van der Waals surface area contributed by atoms with Crippen LogP contribution in [-0.4, -0.2) is 20.3 Å². The van der Waals surface area contributed by atoms with E-state index in [4.69, 9.17) is 14.2 Å². The molecule has 0 amide bonds. The van der Waals surface area contributed by atoms with Gasteiger partial charge in [0.05, 0.1) is 6.61 Å². The van der Waals surface area contributed by atoms with Gasteiger partial charge in [-0.3, -0.25) is 0 Å². The lowest BCUT2D eigenvalue weighted by Gasteiger charge is -2.13. The second kappa shape index (κ2) is 7.92. The number of benzene rings is 2. The Balaban J connectivity index is 2.02. The Morgan fingerprint density at radius 1 is 0.900 bits per heavy atom. The maximum absolute atomic E-state index is 5.82. The van der Waals surface area contributed by atoms with Crippen molar-refractivity contribution in [3.8, 4) is 11.5 Å². The Morgan fingerprint density at radius 2 is 1.70 bits per heavy atom. The number of halogens is 1. The molecular formula is C16H17BrO3. The zero-order valence-electron chi connectivity index (χ0n) is 11.3. The normalized spacial score (nSPS) is 10.3. The fourth-order valence-electron chi connectivity index (χ4n) is 1.68. The molecule has 0 fully saturated rings. The summed E-state index contributed by atoms with van der Waals surface area (Å²) < 4.78 is 17.4. The lowest BCUT2D eigenvalue weighted by Crippen LogP contribution is -2.06. The summed E-state index contributed by atoms with van der Waals surface area (Å²) in [5.41, 5.74) is 1.12. The van der Waals surface area contributed by atoms with Crippen molar-refractivity contribution in [2.24, 2.45) is 0 Å². The van der Waals surface area contributed by atoms with Crippen molar-refractivity contribution < 1.29 is 14.2 Å². The monoisotopic (exact) mass is 336 g/mol. The maximum atomic E-state index is 5.82. The van der Waals surface area contributed by atoms with Gasteiger partial charge in [0.2, 0.25) is 0 Å². The number of rotatable bonds is 7. The molecule has 0 aliphatic carbocycles. The smallest absolute Gasteiger partial charge is 0.162 e. The number of ether oxygens (including phenoxy) is 3. The molecule has 2 aromatic rings. The van der Waals surface area contributed by atoms with Crippen molar-refractivity contribution in [1.29, 1.82) is 0 Å². The predicted octanol–water partition coefficient (Wildman–Crippen LogP) is 4.05. The van der Waals surface area contributed by atoms with Crippen LogP contribution in [0.4, 0.5) is 0 Å². The quantitative estimate of drug-likeness (QED) is 0.714. The molecule has 4 heteroatoms. The average molecular weight is 337 g/mol. The van der Waals surface area contributed by atoms with E-state index in [1.54, 1.807) is 7.11 Å².